The summed E-state index contributed by atoms with van der Waals surface area (Å²) in [7, 11) is 0. The number of furan rings is 1. The van der Waals surface area contributed by atoms with Gasteiger partial charge in [-0.15, -0.1) is 0 Å². The van der Waals surface area contributed by atoms with Gasteiger partial charge in [-0.2, -0.15) is 0 Å². The van der Waals surface area contributed by atoms with E-state index in [2.05, 4.69) is 17.0 Å². The molecule has 3 rings (SSSR count). The van der Waals surface area contributed by atoms with Crippen LogP contribution in [0.4, 0.5) is 0 Å². The van der Waals surface area contributed by atoms with E-state index in [1.807, 2.05) is 31.2 Å². The van der Waals surface area contributed by atoms with Crippen LogP contribution in [0.15, 0.2) is 47.1 Å². The maximum absolute atomic E-state index is 10.3. The third kappa shape index (κ3) is 3.95. The Hall–Kier alpha value is -1.78. The highest BCUT2D eigenvalue weighted by Gasteiger charge is 2.28. The maximum atomic E-state index is 10.3. The quantitative estimate of drug-likeness (QED) is 0.845. The Balaban J connectivity index is 1.65. The Labute approximate surface area is 137 Å². The number of aliphatic hydroxyl groups is 1. The molecule has 0 amide bonds. The lowest BCUT2D eigenvalue weighted by atomic mass is 10.0. The van der Waals surface area contributed by atoms with Gasteiger partial charge in [-0.3, -0.25) is 4.90 Å². The summed E-state index contributed by atoms with van der Waals surface area (Å²) in [6.07, 6.45) is 4.09. The van der Waals surface area contributed by atoms with Gasteiger partial charge in [0.1, 0.15) is 17.6 Å². The molecule has 1 aromatic heterocycles. The second kappa shape index (κ2) is 7.66. The Bertz CT molecular complexity index is 596. The second-order valence-electron chi connectivity index (χ2n) is 6.07. The van der Waals surface area contributed by atoms with Crippen molar-refractivity contribution < 1.29 is 14.3 Å². The molecule has 2 heterocycles. The van der Waals surface area contributed by atoms with E-state index >= 15 is 0 Å². The summed E-state index contributed by atoms with van der Waals surface area (Å²) in [6, 6.07) is 12.3. The number of aliphatic hydroxyl groups excluding tert-OH is 1. The van der Waals surface area contributed by atoms with Crippen molar-refractivity contribution in [3.63, 3.8) is 0 Å². The smallest absolute Gasteiger partial charge is 0.132 e. The van der Waals surface area contributed by atoms with Crippen LogP contribution in [-0.2, 0) is 6.54 Å². The number of ether oxygens (including phenoxy) is 1. The molecule has 124 valence electrons. The zero-order valence-electron chi connectivity index (χ0n) is 13.6. The van der Waals surface area contributed by atoms with Gasteiger partial charge in [0.05, 0.1) is 12.9 Å². The molecule has 2 unspecified atom stereocenters. The lowest BCUT2D eigenvalue weighted by molar-refractivity contribution is 0.0992. The molecule has 1 aromatic carbocycles. The van der Waals surface area contributed by atoms with Gasteiger partial charge < -0.3 is 14.3 Å². The van der Waals surface area contributed by atoms with E-state index in [0.717, 1.165) is 25.3 Å². The fourth-order valence-corrected chi connectivity index (χ4v) is 3.37. The van der Waals surface area contributed by atoms with Gasteiger partial charge in [-0.05, 0) is 50.9 Å². The number of likely N-dealkylation sites (tertiary alicyclic amines) is 1. The van der Waals surface area contributed by atoms with Crippen molar-refractivity contribution in [1.82, 2.24) is 4.90 Å². The molecule has 0 spiro atoms. The molecule has 4 nitrogen and oxygen atoms in total. The lowest BCUT2D eigenvalue weighted by Crippen LogP contribution is -2.30. The Kier molecular flexibility index (Phi) is 5.36. The van der Waals surface area contributed by atoms with Gasteiger partial charge in [-0.25, -0.2) is 0 Å². The van der Waals surface area contributed by atoms with Gasteiger partial charge in [0, 0.05) is 18.2 Å². The van der Waals surface area contributed by atoms with E-state index in [-0.39, 0.29) is 0 Å². The summed E-state index contributed by atoms with van der Waals surface area (Å²) in [5, 5.41) is 10.3. The maximum Gasteiger partial charge on any atom is 0.132 e. The Morgan fingerprint density at radius 1 is 1.30 bits per heavy atom. The van der Waals surface area contributed by atoms with Crippen LogP contribution in [0, 0.1) is 0 Å². The van der Waals surface area contributed by atoms with E-state index in [0.29, 0.717) is 24.8 Å². The monoisotopic (exact) mass is 315 g/mol. The van der Waals surface area contributed by atoms with Gasteiger partial charge in [-0.1, -0.05) is 18.2 Å². The molecule has 1 fully saturated rings. The summed E-state index contributed by atoms with van der Waals surface area (Å²) in [5.41, 5.74) is 1.22. The zero-order chi connectivity index (χ0) is 16.1. The summed E-state index contributed by atoms with van der Waals surface area (Å²) in [6.45, 7) is 4.62. The Morgan fingerprint density at radius 2 is 2.17 bits per heavy atom. The average Bonchev–Trinajstić information content (AvgIpc) is 3.22. The summed E-state index contributed by atoms with van der Waals surface area (Å²) in [4.78, 5) is 2.45. The standard InChI is InChI=1S/C19H25NO3/c1-2-22-18-9-4-3-7-15(18)14-20-11-5-8-16(20)13-17(21)19-10-6-12-23-19/h3-4,6-7,9-10,12,16-17,21H,2,5,8,11,13-14H2,1H3. The highest BCUT2D eigenvalue weighted by Crippen LogP contribution is 2.30. The SMILES string of the molecule is CCOc1ccccc1CN1CCCC1CC(O)c1ccco1. The number of benzene rings is 1. The van der Waals surface area contributed by atoms with Crippen molar-refractivity contribution in [2.45, 2.75) is 44.9 Å². The summed E-state index contributed by atoms with van der Waals surface area (Å²) >= 11 is 0. The number of para-hydroxylation sites is 1. The zero-order valence-corrected chi connectivity index (χ0v) is 13.6. The molecule has 2 aromatic rings. The molecule has 4 heteroatoms. The summed E-state index contributed by atoms with van der Waals surface area (Å²) < 4.78 is 11.1. The first-order valence-electron chi connectivity index (χ1n) is 8.44. The molecule has 1 aliphatic heterocycles. The average molecular weight is 315 g/mol. The molecule has 0 aliphatic carbocycles. The molecule has 0 bridgehead atoms. The summed E-state index contributed by atoms with van der Waals surface area (Å²) in [5.74, 6) is 1.62. The highest BCUT2D eigenvalue weighted by atomic mass is 16.5. The third-order valence-electron chi connectivity index (χ3n) is 4.51. The first-order valence-corrected chi connectivity index (χ1v) is 8.44. The van der Waals surface area contributed by atoms with E-state index in [9.17, 15) is 5.11 Å². The first-order chi connectivity index (χ1) is 11.3. The van der Waals surface area contributed by atoms with Crippen molar-refractivity contribution in [3.05, 3.63) is 54.0 Å². The molecule has 1 saturated heterocycles. The van der Waals surface area contributed by atoms with Gasteiger partial charge in [0.15, 0.2) is 0 Å². The number of hydrogen-bond donors (Lipinski definition) is 1. The topological polar surface area (TPSA) is 45.8 Å². The van der Waals surface area contributed by atoms with Crippen molar-refractivity contribution in [2.24, 2.45) is 0 Å². The minimum atomic E-state index is -0.530. The molecule has 0 saturated carbocycles. The first kappa shape index (κ1) is 16.1. The van der Waals surface area contributed by atoms with Gasteiger partial charge in [0.25, 0.3) is 0 Å². The number of rotatable bonds is 7. The van der Waals surface area contributed by atoms with Crippen LogP contribution in [0.2, 0.25) is 0 Å². The van der Waals surface area contributed by atoms with Crippen LogP contribution in [0.5, 0.6) is 5.75 Å². The van der Waals surface area contributed by atoms with Crippen LogP contribution >= 0.6 is 0 Å². The third-order valence-corrected chi connectivity index (χ3v) is 4.51. The predicted octanol–water partition coefficient (Wildman–Crippen LogP) is 3.77. The van der Waals surface area contributed by atoms with E-state index in [1.54, 1.807) is 6.26 Å². The lowest BCUT2D eigenvalue weighted by Gasteiger charge is -2.26. The second-order valence-corrected chi connectivity index (χ2v) is 6.07. The fraction of sp³-hybridized carbons (Fsp3) is 0.474. The van der Waals surface area contributed by atoms with Crippen LogP contribution in [0.25, 0.3) is 0 Å². The van der Waals surface area contributed by atoms with Crippen LogP contribution < -0.4 is 4.74 Å². The molecular weight excluding hydrogens is 290 g/mol. The van der Waals surface area contributed by atoms with Gasteiger partial charge >= 0.3 is 0 Å². The molecule has 23 heavy (non-hydrogen) atoms. The minimum Gasteiger partial charge on any atom is -0.494 e. The van der Waals surface area contributed by atoms with Crippen LogP contribution in [-0.4, -0.2) is 29.2 Å². The highest BCUT2D eigenvalue weighted by molar-refractivity contribution is 5.33. The van der Waals surface area contributed by atoms with Crippen molar-refractivity contribution in [1.29, 1.82) is 0 Å². The Morgan fingerprint density at radius 3 is 2.96 bits per heavy atom. The minimum absolute atomic E-state index is 0.379. The van der Waals surface area contributed by atoms with Crippen molar-refractivity contribution in [2.75, 3.05) is 13.2 Å². The van der Waals surface area contributed by atoms with Crippen molar-refractivity contribution in [3.8, 4) is 5.75 Å². The normalized spacial score (nSPS) is 19.8. The molecule has 1 aliphatic rings. The van der Waals surface area contributed by atoms with Crippen LogP contribution in [0.3, 0.4) is 0 Å². The van der Waals surface area contributed by atoms with E-state index in [4.69, 9.17) is 9.15 Å². The van der Waals surface area contributed by atoms with E-state index in [1.165, 1.54) is 12.0 Å². The van der Waals surface area contributed by atoms with Crippen molar-refractivity contribution >= 4 is 0 Å². The van der Waals surface area contributed by atoms with E-state index < -0.39 is 6.10 Å². The number of nitrogens with zero attached hydrogens (tertiary/aromatic N) is 1. The number of hydrogen-bond acceptors (Lipinski definition) is 4. The molecule has 1 N–H and O–H groups in total. The molecule has 2 atom stereocenters. The fourth-order valence-electron chi connectivity index (χ4n) is 3.37. The molecular formula is C19H25NO3. The molecule has 0 radical (unpaired) electrons. The van der Waals surface area contributed by atoms with Gasteiger partial charge in [0.2, 0.25) is 0 Å². The van der Waals surface area contributed by atoms with Crippen LogP contribution in [0.1, 0.15) is 43.6 Å². The predicted molar refractivity (Wildman–Crippen MR) is 89.3 cm³/mol. The largest absolute Gasteiger partial charge is 0.494 e.